The Balaban J connectivity index is 1.45. The molecule has 1 amide bonds. The van der Waals surface area contributed by atoms with Gasteiger partial charge in [-0.15, -0.1) is 0 Å². The molecule has 0 aliphatic carbocycles. The molecule has 1 saturated heterocycles. The summed E-state index contributed by atoms with van der Waals surface area (Å²) in [6.07, 6.45) is 7.03. The highest BCUT2D eigenvalue weighted by molar-refractivity contribution is 5.76. The summed E-state index contributed by atoms with van der Waals surface area (Å²) in [5.74, 6) is 0.910. The summed E-state index contributed by atoms with van der Waals surface area (Å²) in [4.78, 5) is 14.4. The fraction of sp³-hybridized carbons (Fsp3) is 0.474. The predicted molar refractivity (Wildman–Crippen MR) is 92.7 cm³/mol. The van der Waals surface area contributed by atoms with Crippen molar-refractivity contribution in [3.8, 4) is 5.75 Å². The molecule has 134 valence electrons. The Morgan fingerprint density at radius 3 is 2.88 bits per heavy atom. The van der Waals surface area contributed by atoms with Crippen molar-refractivity contribution in [2.45, 2.75) is 25.7 Å². The fourth-order valence-corrected chi connectivity index (χ4v) is 3.18. The smallest absolute Gasteiger partial charge is 0.222 e. The van der Waals surface area contributed by atoms with Crippen LogP contribution in [0.1, 0.15) is 24.8 Å². The predicted octanol–water partition coefficient (Wildman–Crippen LogP) is 2.81. The lowest BCUT2D eigenvalue weighted by Crippen LogP contribution is -2.41. The molecular weight excluding hydrogens is 321 g/mol. The van der Waals surface area contributed by atoms with Crippen molar-refractivity contribution >= 4 is 5.91 Å². The molecular formula is C19H24FN3O2. The Morgan fingerprint density at radius 1 is 1.36 bits per heavy atom. The van der Waals surface area contributed by atoms with E-state index in [2.05, 4.69) is 5.10 Å². The monoisotopic (exact) mass is 345 g/mol. The summed E-state index contributed by atoms with van der Waals surface area (Å²) in [7, 11) is 1.88. The molecule has 6 heteroatoms. The molecule has 2 aromatic rings. The van der Waals surface area contributed by atoms with Gasteiger partial charge in [-0.1, -0.05) is 0 Å². The van der Waals surface area contributed by atoms with E-state index in [9.17, 15) is 9.18 Å². The third kappa shape index (κ3) is 5.05. The van der Waals surface area contributed by atoms with Crippen molar-refractivity contribution in [3.05, 3.63) is 48.0 Å². The van der Waals surface area contributed by atoms with Crippen LogP contribution in [0.4, 0.5) is 4.39 Å². The first-order valence-electron chi connectivity index (χ1n) is 8.74. The van der Waals surface area contributed by atoms with Crippen molar-refractivity contribution in [2.75, 3.05) is 19.7 Å². The van der Waals surface area contributed by atoms with E-state index in [-0.39, 0.29) is 11.7 Å². The lowest BCUT2D eigenvalue weighted by Gasteiger charge is -2.32. The Labute approximate surface area is 147 Å². The van der Waals surface area contributed by atoms with Crippen LogP contribution in [0, 0.1) is 11.7 Å². The summed E-state index contributed by atoms with van der Waals surface area (Å²) in [6, 6.07) is 6.05. The van der Waals surface area contributed by atoms with Crippen molar-refractivity contribution in [1.82, 2.24) is 14.7 Å². The molecule has 1 fully saturated rings. The van der Waals surface area contributed by atoms with Gasteiger partial charge in [0.1, 0.15) is 11.6 Å². The van der Waals surface area contributed by atoms with Crippen LogP contribution in [0.25, 0.3) is 0 Å². The molecule has 1 aliphatic rings. The van der Waals surface area contributed by atoms with Crippen molar-refractivity contribution in [1.29, 1.82) is 0 Å². The second-order valence-corrected chi connectivity index (χ2v) is 6.64. The average molecular weight is 345 g/mol. The molecule has 0 spiro atoms. The van der Waals surface area contributed by atoms with E-state index in [1.165, 1.54) is 12.1 Å². The topological polar surface area (TPSA) is 47.4 Å². The minimum atomic E-state index is -0.268. The molecule has 3 rings (SSSR count). The molecule has 1 atom stereocenters. The number of hydrogen-bond donors (Lipinski definition) is 0. The number of hydrogen-bond acceptors (Lipinski definition) is 3. The Kier molecular flexibility index (Phi) is 5.68. The third-order valence-electron chi connectivity index (χ3n) is 4.56. The van der Waals surface area contributed by atoms with Gasteiger partial charge in [0.25, 0.3) is 0 Å². The molecule has 25 heavy (non-hydrogen) atoms. The number of amides is 1. The van der Waals surface area contributed by atoms with Crippen LogP contribution in [0.2, 0.25) is 0 Å². The van der Waals surface area contributed by atoms with Crippen LogP contribution in [0.15, 0.2) is 36.7 Å². The number of ether oxygens (including phenoxy) is 1. The van der Waals surface area contributed by atoms with Crippen LogP contribution in [0.3, 0.4) is 0 Å². The van der Waals surface area contributed by atoms with Crippen molar-refractivity contribution in [3.63, 3.8) is 0 Å². The number of rotatable bonds is 6. The minimum Gasteiger partial charge on any atom is -0.493 e. The maximum absolute atomic E-state index is 12.9. The lowest BCUT2D eigenvalue weighted by molar-refractivity contribution is -0.133. The number of likely N-dealkylation sites (tertiary alicyclic amines) is 1. The van der Waals surface area contributed by atoms with Gasteiger partial charge in [-0.2, -0.15) is 5.10 Å². The highest BCUT2D eigenvalue weighted by Gasteiger charge is 2.24. The first kappa shape index (κ1) is 17.5. The maximum Gasteiger partial charge on any atom is 0.222 e. The first-order valence-corrected chi connectivity index (χ1v) is 8.74. The number of aryl methyl sites for hydroxylation is 2. The summed E-state index contributed by atoms with van der Waals surface area (Å²) in [5.41, 5.74) is 1.09. The summed E-state index contributed by atoms with van der Waals surface area (Å²) < 4.78 is 20.4. The normalized spacial score (nSPS) is 17.5. The van der Waals surface area contributed by atoms with Gasteiger partial charge in [0.15, 0.2) is 0 Å². The average Bonchev–Trinajstić information content (AvgIpc) is 3.05. The van der Waals surface area contributed by atoms with E-state index >= 15 is 0 Å². The molecule has 0 saturated carbocycles. The van der Waals surface area contributed by atoms with Crippen LogP contribution < -0.4 is 4.74 Å². The number of halogens is 1. The zero-order valence-corrected chi connectivity index (χ0v) is 14.5. The van der Waals surface area contributed by atoms with E-state index < -0.39 is 0 Å². The Hall–Kier alpha value is -2.37. The van der Waals surface area contributed by atoms with E-state index in [1.807, 2.05) is 24.3 Å². The molecule has 1 aromatic carbocycles. The number of carbonyl (C=O) groups is 1. The highest BCUT2D eigenvalue weighted by Crippen LogP contribution is 2.20. The van der Waals surface area contributed by atoms with Crippen molar-refractivity contribution < 1.29 is 13.9 Å². The zero-order valence-electron chi connectivity index (χ0n) is 14.5. The Bertz CT molecular complexity index is 699. The van der Waals surface area contributed by atoms with Crippen LogP contribution in [0.5, 0.6) is 5.75 Å². The van der Waals surface area contributed by atoms with Crippen LogP contribution in [-0.2, 0) is 18.3 Å². The van der Waals surface area contributed by atoms with E-state index in [1.54, 1.807) is 16.8 Å². The summed E-state index contributed by atoms with van der Waals surface area (Å²) in [5, 5.41) is 4.13. The molecule has 2 heterocycles. The molecule has 0 radical (unpaired) electrons. The number of aromatic nitrogens is 2. The fourth-order valence-electron chi connectivity index (χ4n) is 3.18. The minimum absolute atomic E-state index is 0.190. The van der Waals surface area contributed by atoms with Gasteiger partial charge in [-0.25, -0.2) is 4.39 Å². The lowest BCUT2D eigenvalue weighted by atomic mass is 9.98. The standard InChI is InChI=1S/C19H24FN3O2/c1-22-12-15(11-21-22)4-9-19(24)23-10-2-3-16(13-23)14-25-18-7-5-17(20)6-8-18/h5-8,11-12,16H,2-4,9-10,13-14H2,1H3/t16-/m1/s1. The largest absolute Gasteiger partial charge is 0.493 e. The van der Waals surface area contributed by atoms with Gasteiger partial charge < -0.3 is 9.64 Å². The number of nitrogens with zero attached hydrogens (tertiary/aromatic N) is 3. The molecule has 0 bridgehead atoms. The maximum atomic E-state index is 12.9. The van der Waals surface area contributed by atoms with Gasteiger partial charge in [0.05, 0.1) is 12.8 Å². The molecule has 0 N–H and O–H groups in total. The number of carbonyl (C=O) groups excluding carboxylic acids is 1. The van der Waals surface area contributed by atoms with E-state index in [4.69, 9.17) is 4.74 Å². The van der Waals surface area contributed by atoms with E-state index in [0.29, 0.717) is 24.7 Å². The molecule has 5 nitrogen and oxygen atoms in total. The second-order valence-electron chi connectivity index (χ2n) is 6.64. The summed E-state index contributed by atoms with van der Waals surface area (Å²) in [6.45, 7) is 2.10. The second kappa shape index (κ2) is 8.14. The summed E-state index contributed by atoms with van der Waals surface area (Å²) >= 11 is 0. The first-order chi connectivity index (χ1) is 12.1. The van der Waals surface area contributed by atoms with Crippen LogP contribution in [-0.4, -0.2) is 40.3 Å². The highest BCUT2D eigenvalue weighted by atomic mass is 19.1. The van der Waals surface area contributed by atoms with Gasteiger partial charge in [-0.05, 0) is 49.1 Å². The van der Waals surface area contributed by atoms with Crippen LogP contribution >= 0.6 is 0 Å². The zero-order chi connectivity index (χ0) is 17.6. The molecule has 0 unspecified atom stereocenters. The Morgan fingerprint density at radius 2 is 2.16 bits per heavy atom. The third-order valence-corrected chi connectivity index (χ3v) is 4.56. The number of benzene rings is 1. The quantitative estimate of drug-likeness (QED) is 0.809. The van der Waals surface area contributed by atoms with Gasteiger partial charge in [0, 0.05) is 38.7 Å². The van der Waals surface area contributed by atoms with Gasteiger partial charge in [0.2, 0.25) is 5.91 Å². The van der Waals surface area contributed by atoms with Gasteiger partial charge >= 0.3 is 0 Å². The number of piperidine rings is 1. The van der Waals surface area contributed by atoms with Gasteiger partial charge in [-0.3, -0.25) is 9.48 Å². The molecule has 1 aromatic heterocycles. The molecule has 1 aliphatic heterocycles. The SMILES string of the molecule is Cn1cc(CCC(=O)N2CCC[C@@H](COc3ccc(F)cc3)C2)cn1. The van der Waals surface area contributed by atoms with Crippen molar-refractivity contribution in [2.24, 2.45) is 13.0 Å². The van der Waals surface area contributed by atoms with E-state index in [0.717, 1.165) is 37.9 Å².